The highest BCUT2D eigenvalue weighted by molar-refractivity contribution is 7.92. The third-order valence-corrected chi connectivity index (χ3v) is 4.66. The van der Waals surface area contributed by atoms with Crippen LogP contribution in [0.2, 0.25) is 5.02 Å². The molecule has 0 saturated carbocycles. The largest absolute Gasteiger partial charge is 0.495 e. The summed E-state index contributed by atoms with van der Waals surface area (Å²) in [5.41, 5.74) is 0.266. The smallest absolute Gasteiger partial charge is 0.232 e. The molecule has 8 nitrogen and oxygen atoms in total. The van der Waals surface area contributed by atoms with Crippen LogP contribution < -0.4 is 14.4 Å². The molecule has 2 aromatic rings. The Morgan fingerprint density at radius 2 is 2.12 bits per heavy atom. The predicted octanol–water partition coefficient (Wildman–Crippen LogP) is 2.44. The molecule has 10 heteroatoms. The lowest BCUT2D eigenvalue weighted by molar-refractivity contribution is -0.116. The van der Waals surface area contributed by atoms with Gasteiger partial charge in [-0.1, -0.05) is 16.8 Å². The van der Waals surface area contributed by atoms with Crippen LogP contribution >= 0.6 is 11.6 Å². The Morgan fingerprint density at radius 3 is 2.68 bits per heavy atom. The number of anilines is 2. The van der Waals surface area contributed by atoms with Gasteiger partial charge in [0.15, 0.2) is 5.82 Å². The summed E-state index contributed by atoms with van der Waals surface area (Å²) in [7, 11) is -2.23. The maximum absolute atomic E-state index is 12.2. The van der Waals surface area contributed by atoms with E-state index in [0.717, 1.165) is 10.6 Å². The quantitative estimate of drug-likeness (QED) is 0.782. The first kappa shape index (κ1) is 19.1. The summed E-state index contributed by atoms with van der Waals surface area (Å²) in [4.78, 5) is 12.0. The molecule has 1 amide bonds. The molecule has 0 unspecified atom stereocenters. The van der Waals surface area contributed by atoms with Gasteiger partial charge in [0.25, 0.3) is 0 Å². The van der Waals surface area contributed by atoms with E-state index in [-0.39, 0.29) is 24.5 Å². The number of amides is 1. The van der Waals surface area contributed by atoms with Crippen LogP contribution in [0.3, 0.4) is 0 Å². The molecule has 1 aromatic carbocycles. The van der Waals surface area contributed by atoms with E-state index in [1.807, 2.05) is 0 Å². The SMILES string of the molecule is COc1ccc(Cl)cc1N(CCC(=O)Nc1cc(C)on1)S(C)(=O)=O. The number of rotatable bonds is 7. The van der Waals surface area contributed by atoms with E-state index in [4.69, 9.17) is 20.9 Å². The van der Waals surface area contributed by atoms with Gasteiger partial charge in [0.1, 0.15) is 11.5 Å². The number of aromatic nitrogens is 1. The first-order valence-electron chi connectivity index (χ1n) is 7.25. The van der Waals surface area contributed by atoms with Crippen molar-refractivity contribution in [2.75, 3.05) is 29.5 Å². The maximum Gasteiger partial charge on any atom is 0.232 e. The summed E-state index contributed by atoms with van der Waals surface area (Å²) in [6, 6.07) is 6.19. The average Bonchev–Trinajstić information content (AvgIpc) is 2.91. The Morgan fingerprint density at radius 1 is 1.40 bits per heavy atom. The number of halogens is 1. The van der Waals surface area contributed by atoms with Crippen molar-refractivity contribution in [1.29, 1.82) is 0 Å². The summed E-state index contributed by atoms with van der Waals surface area (Å²) < 4.78 is 35.4. The number of carbonyl (C=O) groups is 1. The molecule has 0 aliphatic rings. The van der Waals surface area contributed by atoms with E-state index in [0.29, 0.717) is 16.5 Å². The zero-order chi connectivity index (χ0) is 18.6. The minimum atomic E-state index is -3.65. The molecule has 0 bridgehead atoms. The first-order chi connectivity index (χ1) is 11.7. The van der Waals surface area contributed by atoms with Gasteiger partial charge in [-0.25, -0.2) is 8.42 Å². The summed E-state index contributed by atoms with van der Waals surface area (Å²) in [5.74, 6) is 0.760. The van der Waals surface area contributed by atoms with E-state index in [1.54, 1.807) is 25.1 Å². The van der Waals surface area contributed by atoms with Crippen LogP contribution in [0.5, 0.6) is 5.75 Å². The molecular formula is C15H18ClN3O5S. The Labute approximate surface area is 150 Å². The second kappa shape index (κ2) is 7.75. The van der Waals surface area contributed by atoms with Crippen molar-refractivity contribution in [3.8, 4) is 5.75 Å². The van der Waals surface area contributed by atoms with Crippen LogP contribution in [0.25, 0.3) is 0 Å². The highest BCUT2D eigenvalue weighted by Gasteiger charge is 2.22. The van der Waals surface area contributed by atoms with E-state index in [2.05, 4.69) is 10.5 Å². The number of ether oxygens (including phenoxy) is 1. The lowest BCUT2D eigenvalue weighted by Crippen LogP contribution is -2.33. The van der Waals surface area contributed by atoms with Crippen LogP contribution in [-0.4, -0.2) is 39.4 Å². The second-order valence-corrected chi connectivity index (χ2v) is 7.62. The number of methoxy groups -OCH3 is 1. The zero-order valence-electron chi connectivity index (χ0n) is 13.9. The monoisotopic (exact) mass is 387 g/mol. The molecular weight excluding hydrogens is 370 g/mol. The number of aryl methyl sites for hydroxylation is 1. The fourth-order valence-corrected chi connectivity index (χ4v) is 3.25. The predicted molar refractivity (Wildman–Crippen MR) is 94.7 cm³/mol. The van der Waals surface area contributed by atoms with E-state index < -0.39 is 15.9 Å². The molecule has 1 N–H and O–H groups in total. The fraction of sp³-hybridized carbons (Fsp3) is 0.333. The van der Waals surface area contributed by atoms with Crippen LogP contribution in [-0.2, 0) is 14.8 Å². The van der Waals surface area contributed by atoms with Crippen molar-refractivity contribution in [1.82, 2.24) is 5.16 Å². The summed E-state index contributed by atoms with van der Waals surface area (Å²) in [5, 5.41) is 6.54. The molecule has 0 fully saturated rings. The van der Waals surface area contributed by atoms with Gasteiger partial charge in [-0.3, -0.25) is 9.10 Å². The number of nitrogens with one attached hydrogen (secondary N) is 1. The van der Waals surface area contributed by atoms with Crippen LogP contribution in [0.15, 0.2) is 28.8 Å². The minimum Gasteiger partial charge on any atom is -0.495 e. The Hall–Kier alpha value is -2.26. The molecule has 1 heterocycles. The van der Waals surface area contributed by atoms with Crippen molar-refractivity contribution in [3.63, 3.8) is 0 Å². The molecule has 0 spiro atoms. The van der Waals surface area contributed by atoms with Crippen molar-refractivity contribution < 1.29 is 22.5 Å². The van der Waals surface area contributed by atoms with Crippen LogP contribution in [0.4, 0.5) is 11.5 Å². The van der Waals surface area contributed by atoms with Gasteiger partial charge in [0, 0.05) is 24.1 Å². The average molecular weight is 388 g/mol. The standard InChI is InChI=1S/C15H18ClN3O5S/c1-10-8-14(18-24-10)17-15(20)6-7-19(25(3,21)22)12-9-11(16)4-5-13(12)23-2/h4-5,8-9H,6-7H2,1-3H3,(H,17,18,20). The number of hydrogen-bond acceptors (Lipinski definition) is 6. The molecule has 0 radical (unpaired) electrons. The second-order valence-electron chi connectivity index (χ2n) is 5.27. The highest BCUT2D eigenvalue weighted by Crippen LogP contribution is 2.32. The molecule has 0 aliphatic carbocycles. The topological polar surface area (TPSA) is 102 Å². The lowest BCUT2D eigenvalue weighted by atomic mass is 10.2. The number of sulfonamides is 1. The molecule has 0 atom stereocenters. The molecule has 0 aliphatic heterocycles. The Bertz CT molecular complexity index is 866. The number of hydrogen-bond donors (Lipinski definition) is 1. The molecule has 25 heavy (non-hydrogen) atoms. The van der Waals surface area contributed by atoms with Gasteiger partial charge in [0.2, 0.25) is 15.9 Å². The summed E-state index contributed by atoms with van der Waals surface area (Å²) in [6.07, 6.45) is 0.959. The molecule has 0 saturated heterocycles. The fourth-order valence-electron chi connectivity index (χ4n) is 2.16. The normalized spacial score (nSPS) is 11.2. The van der Waals surface area contributed by atoms with Gasteiger partial charge in [-0.2, -0.15) is 0 Å². The number of benzene rings is 1. The van der Waals surface area contributed by atoms with Gasteiger partial charge >= 0.3 is 0 Å². The highest BCUT2D eigenvalue weighted by atomic mass is 35.5. The van der Waals surface area contributed by atoms with E-state index in [9.17, 15) is 13.2 Å². The number of nitrogens with zero attached hydrogens (tertiary/aromatic N) is 2. The third-order valence-electron chi connectivity index (χ3n) is 3.25. The van der Waals surface area contributed by atoms with Gasteiger partial charge < -0.3 is 14.6 Å². The minimum absolute atomic E-state index is 0.0851. The van der Waals surface area contributed by atoms with Gasteiger partial charge in [0.05, 0.1) is 19.1 Å². The van der Waals surface area contributed by atoms with Crippen LogP contribution in [0.1, 0.15) is 12.2 Å². The van der Waals surface area contributed by atoms with Crippen molar-refractivity contribution in [2.24, 2.45) is 0 Å². The molecule has 136 valence electrons. The summed E-state index contributed by atoms with van der Waals surface area (Å²) >= 11 is 5.97. The Balaban J connectivity index is 2.17. The first-order valence-corrected chi connectivity index (χ1v) is 9.47. The van der Waals surface area contributed by atoms with Crippen molar-refractivity contribution in [3.05, 3.63) is 35.0 Å². The molecule has 2 rings (SSSR count). The zero-order valence-corrected chi connectivity index (χ0v) is 15.5. The van der Waals surface area contributed by atoms with Crippen molar-refractivity contribution >= 4 is 39.0 Å². The van der Waals surface area contributed by atoms with Crippen LogP contribution in [0, 0.1) is 6.92 Å². The van der Waals surface area contributed by atoms with Gasteiger partial charge in [-0.05, 0) is 25.1 Å². The van der Waals surface area contributed by atoms with E-state index in [1.165, 1.54) is 13.2 Å². The molecule has 1 aromatic heterocycles. The number of carbonyl (C=O) groups excluding carboxylic acids is 1. The summed E-state index contributed by atoms with van der Waals surface area (Å²) in [6.45, 7) is 1.61. The van der Waals surface area contributed by atoms with Crippen molar-refractivity contribution in [2.45, 2.75) is 13.3 Å². The van der Waals surface area contributed by atoms with Gasteiger partial charge in [-0.15, -0.1) is 0 Å². The lowest BCUT2D eigenvalue weighted by Gasteiger charge is -2.24. The third kappa shape index (κ3) is 5.10. The van der Waals surface area contributed by atoms with E-state index >= 15 is 0 Å². The maximum atomic E-state index is 12.2. The Kier molecular flexibility index (Phi) is 5.91.